The van der Waals surface area contributed by atoms with E-state index in [0.717, 1.165) is 18.4 Å². The molecule has 2 N–H and O–H groups in total. The largest absolute Gasteiger partial charge is 0.348 e. The molecule has 1 aromatic heterocycles. The highest BCUT2D eigenvalue weighted by atomic mass is 19.3. The molecule has 0 bridgehead atoms. The second-order valence-electron chi connectivity index (χ2n) is 3.48. The number of rotatable bonds is 5. The summed E-state index contributed by atoms with van der Waals surface area (Å²) in [6.45, 7) is 1.78. The highest BCUT2D eigenvalue weighted by Crippen LogP contribution is 2.07. The molecule has 1 heterocycles. The van der Waals surface area contributed by atoms with Gasteiger partial charge in [-0.1, -0.05) is 6.92 Å². The lowest BCUT2D eigenvalue weighted by atomic mass is 10.1. The monoisotopic (exact) mass is 202 g/mol. The van der Waals surface area contributed by atoms with Crippen LogP contribution in [0.3, 0.4) is 0 Å². The summed E-state index contributed by atoms with van der Waals surface area (Å²) < 4.78 is 25.5. The van der Waals surface area contributed by atoms with Gasteiger partial charge in [0.25, 0.3) is 6.43 Å². The van der Waals surface area contributed by atoms with Crippen molar-refractivity contribution in [2.75, 3.05) is 0 Å². The molecule has 0 radical (unpaired) electrons. The van der Waals surface area contributed by atoms with Crippen LogP contribution in [0.25, 0.3) is 0 Å². The van der Waals surface area contributed by atoms with Gasteiger partial charge in [-0.25, -0.2) is 8.78 Å². The van der Waals surface area contributed by atoms with E-state index in [9.17, 15) is 8.78 Å². The van der Waals surface area contributed by atoms with Gasteiger partial charge in [0.05, 0.1) is 6.54 Å². The Morgan fingerprint density at radius 1 is 1.50 bits per heavy atom. The predicted molar refractivity (Wildman–Crippen MR) is 52.4 cm³/mol. The van der Waals surface area contributed by atoms with Gasteiger partial charge in [-0.3, -0.25) is 0 Å². The molecule has 80 valence electrons. The minimum Gasteiger partial charge on any atom is -0.348 e. The third-order valence-electron chi connectivity index (χ3n) is 2.18. The quantitative estimate of drug-likeness (QED) is 0.778. The SMILES string of the molecule is CCC(N)Cc1ccn(CC(F)F)c1. The normalized spacial score (nSPS) is 13.5. The number of aromatic nitrogens is 1. The summed E-state index contributed by atoms with van der Waals surface area (Å²) in [5, 5.41) is 0. The molecule has 0 aliphatic carbocycles. The molecular formula is C10H16F2N2. The van der Waals surface area contributed by atoms with Crippen LogP contribution in [0.5, 0.6) is 0 Å². The van der Waals surface area contributed by atoms with Gasteiger partial charge < -0.3 is 10.3 Å². The summed E-state index contributed by atoms with van der Waals surface area (Å²) >= 11 is 0. The second-order valence-corrected chi connectivity index (χ2v) is 3.48. The first-order valence-electron chi connectivity index (χ1n) is 4.80. The molecule has 2 nitrogen and oxygen atoms in total. The van der Waals surface area contributed by atoms with Crippen LogP contribution in [-0.2, 0) is 13.0 Å². The van der Waals surface area contributed by atoms with Crippen molar-refractivity contribution in [1.82, 2.24) is 4.57 Å². The van der Waals surface area contributed by atoms with Crippen molar-refractivity contribution < 1.29 is 8.78 Å². The number of nitrogens with zero attached hydrogens (tertiary/aromatic N) is 1. The molecule has 1 atom stereocenters. The molecule has 1 unspecified atom stereocenters. The molecule has 0 aliphatic heterocycles. The number of alkyl halides is 2. The van der Waals surface area contributed by atoms with Crippen LogP contribution in [0.2, 0.25) is 0 Å². The Balaban J connectivity index is 2.50. The minimum atomic E-state index is -2.30. The van der Waals surface area contributed by atoms with Crippen molar-refractivity contribution >= 4 is 0 Å². The molecular weight excluding hydrogens is 186 g/mol. The highest BCUT2D eigenvalue weighted by Gasteiger charge is 2.06. The summed E-state index contributed by atoms with van der Waals surface area (Å²) in [6.07, 6.45) is 2.77. The van der Waals surface area contributed by atoms with E-state index in [2.05, 4.69) is 0 Å². The Bertz CT molecular complexity index is 271. The number of nitrogens with two attached hydrogens (primary N) is 1. The fourth-order valence-corrected chi connectivity index (χ4v) is 1.33. The molecule has 1 aromatic rings. The van der Waals surface area contributed by atoms with Crippen molar-refractivity contribution in [3.63, 3.8) is 0 Å². The maximum atomic E-state index is 12.0. The Hall–Kier alpha value is -0.900. The minimum absolute atomic E-state index is 0.123. The van der Waals surface area contributed by atoms with Crippen LogP contribution in [0.15, 0.2) is 18.5 Å². The Morgan fingerprint density at radius 3 is 2.79 bits per heavy atom. The first-order chi connectivity index (χ1) is 6.61. The molecule has 1 rings (SSSR count). The first kappa shape index (κ1) is 11.2. The van der Waals surface area contributed by atoms with Gasteiger partial charge in [0, 0.05) is 18.4 Å². The lowest BCUT2D eigenvalue weighted by molar-refractivity contribution is 0.126. The molecule has 0 saturated carbocycles. The van der Waals surface area contributed by atoms with Crippen molar-refractivity contribution in [1.29, 1.82) is 0 Å². The van der Waals surface area contributed by atoms with Gasteiger partial charge in [0.2, 0.25) is 0 Å². The lowest BCUT2D eigenvalue weighted by Crippen LogP contribution is -2.21. The number of hydrogen-bond acceptors (Lipinski definition) is 1. The van der Waals surface area contributed by atoms with Crippen molar-refractivity contribution in [3.8, 4) is 0 Å². The fraction of sp³-hybridized carbons (Fsp3) is 0.600. The molecule has 0 saturated heterocycles. The zero-order chi connectivity index (χ0) is 10.6. The highest BCUT2D eigenvalue weighted by molar-refractivity contribution is 5.11. The van der Waals surface area contributed by atoms with Crippen molar-refractivity contribution in [2.45, 2.75) is 38.8 Å². The van der Waals surface area contributed by atoms with E-state index in [1.807, 2.05) is 13.0 Å². The predicted octanol–water partition coefficient (Wildman–Crippen LogP) is 2.03. The zero-order valence-corrected chi connectivity index (χ0v) is 8.29. The number of hydrogen-bond donors (Lipinski definition) is 1. The summed E-state index contributed by atoms with van der Waals surface area (Å²) in [7, 11) is 0. The molecule has 0 spiro atoms. The van der Waals surface area contributed by atoms with Gasteiger partial charge in [-0.15, -0.1) is 0 Å². The van der Waals surface area contributed by atoms with Crippen molar-refractivity contribution in [3.05, 3.63) is 24.0 Å². The van der Waals surface area contributed by atoms with E-state index < -0.39 is 6.43 Å². The van der Waals surface area contributed by atoms with Gasteiger partial charge >= 0.3 is 0 Å². The van der Waals surface area contributed by atoms with Crippen LogP contribution in [0.1, 0.15) is 18.9 Å². The average Bonchev–Trinajstić information content (AvgIpc) is 2.51. The summed E-state index contributed by atoms with van der Waals surface area (Å²) in [5.74, 6) is 0. The molecule has 14 heavy (non-hydrogen) atoms. The zero-order valence-electron chi connectivity index (χ0n) is 8.29. The third kappa shape index (κ3) is 3.46. The second kappa shape index (κ2) is 5.10. The van der Waals surface area contributed by atoms with Gasteiger partial charge in [-0.2, -0.15) is 0 Å². The molecule has 4 heteroatoms. The molecule has 0 aromatic carbocycles. The fourth-order valence-electron chi connectivity index (χ4n) is 1.33. The summed E-state index contributed by atoms with van der Waals surface area (Å²) in [4.78, 5) is 0. The topological polar surface area (TPSA) is 30.9 Å². The third-order valence-corrected chi connectivity index (χ3v) is 2.18. The summed E-state index contributed by atoms with van der Waals surface area (Å²) in [5.41, 5.74) is 6.79. The maximum absolute atomic E-state index is 12.0. The van der Waals surface area contributed by atoms with E-state index in [4.69, 9.17) is 5.73 Å². The molecule has 0 aliphatic rings. The van der Waals surface area contributed by atoms with E-state index in [1.165, 1.54) is 4.57 Å². The van der Waals surface area contributed by atoms with Crippen LogP contribution in [-0.4, -0.2) is 17.0 Å². The standard InChI is InChI=1S/C10H16F2N2/c1-2-9(13)5-8-3-4-14(6-8)7-10(11)12/h3-4,6,9-10H,2,5,7,13H2,1H3. The van der Waals surface area contributed by atoms with Crippen LogP contribution in [0.4, 0.5) is 8.78 Å². The van der Waals surface area contributed by atoms with Gasteiger partial charge in [-0.05, 0) is 24.5 Å². The Labute approximate surface area is 82.7 Å². The maximum Gasteiger partial charge on any atom is 0.256 e. The average molecular weight is 202 g/mol. The van der Waals surface area contributed by atoms with Gasteiger partial charge in [0.1, 0.15) is 0 Å². The van der Waals surface area contributed by atoms with Crippen LogP contribution < -0.4 is 5.73 Å². The molecule has 0 amide bonds. The first-order valence-corrected chi connectivity index (χ1v) is 4.80. The molecule has 0 fully saturated rings. The smallest absolute Gasteiger partial charge is 0.256 e. The Kier molecular flexibility index (Phi) is 4.07. The van der Waals surface area contributed by atoms with Crippen molar-refractivity contribution in [2.24, 2.45) is 5.73 Å². The van der Waals surface area contributed by atoms with E-state index in [-0.39, 0.29) is 12.6 Å². The summed E-state index contributed by atoms with van der Waals surface area (Å²) in [6, 6.07) is 1.97. The van der Waals surface area contributed by atoms with E-state index in [0.29, 0.717) is 0 Å². The number of halogens is 2. The van der Waals surface area contributed by atoms with E-state index in [1.54, 1.807) is 12.4 Å². The van der Waals surface area contributed by atoms with Crippen LogP contribution >= 0.6 is 0 Å². The Morgan fingerprint density at radius 2 is 2.21 bits per heavy atom. The van der Waals surface area contributed by atoms with Crippen LogP contribution in [0, 0.1) is 0 Å². The van der Waals surface area contributed by atoms with E-state index >= 15 is 0 Å². The van der Waals surface area contributed by atoms with Gasteiger partial charge in [0.15, 0.2) is 0 Å². The lowest BCUT2D eigenvalue weighted by Gasteiger charge is -2.06.